The van der Waals surface area contributed by atoms with Crippen LogP contribution < -0.4 is 5.32 Å². The highest BCUT2D eigenvalue weighted by Crippen LogP contribution is 2.27. The molecule has 104 valence electrons. The Hall–Kier alpha value is -0.860. The van der Waals surface area contributed by atoms with Crippen molar-refractivity contribution >= 4 is 0 Å². The molecule has 1 aromatic rings. The van der Waals surface area contributed by atoms with Gasteiger partial charge in [-0.2, -0.15) is 0 Å². The van der Waals surface area contributed by atoms with Crippen LogP contribution >= 0.6 is 0 Å². The van der Waals surface area contributed by atoms with Gasteiger partial charge in [-0.05, 0) is 58.2 Å². The molecule has 2 fully saturated rings. The highest BCUT2D eigenvalue weighted by atomic mass is 15.2. The number of aryl methyl sites for hydroxylation is 2. The predicted octanol–water partition coefficient (Wildman–Crippen LogP) is 3.02. The van der Waals surface area contributed by atoms with Crippen molar-refractivity contribution in [3.8, 4) is 0 Å². The van der Waals surface area contributed by atoms with Crippen LogP contribution in [-0.2, 0) is 6.54 Å². The minimum atomic E-state index is 0.722. The Kier molecular flexibility index (Phi) is 3.90. The van der Waals surface area contributed by atoms with Gasteiger partial charge >= 0.3 is 0 Å². The first-order valence-corrected chi connectivity index (χ1v) is 7.75. The third kappa shape index (κ3) is 3.18. The second kappa shape index (κ2) is 5.64. The van der Waals surface area contributed by atoms with Gasteiger partial charge < -0.3 is 10.2 Å². The molecular weight excluding hydrogens is 232 g/mol. The van der Waals surface area contributed by atoms with Crippen LogP contribution in [0.2, 0.25) is 0 Å². The molecule has 2 saturated heterocycles. The molecule has 0 bridgehead atoms. The van der Waals surface area contributed by atoms with Crippen molar-refractivity contribution in [3.63, 3.8) is 0 Å². The second-order valence-corrected chi connectivity index (χ2v) is 6.43. The van der Waals surface area contributed by atoms with Crippen LogP contribution in [-0.4, -0.2) is 30.1 Å². The monoisotopic (exact) mass is 258 g/mol. The average Bonchev–Trinajstić information content (AvgIpc) is 2.82. The Morgan fingerprint density at radius 1 is 1.11 bits per heavy atom. The number of nitrogens with zero attached hydrogens (tertiary/aromatic N) is 1. The van der Waals surface area contributed by atoms with Crippen LogP contribution in [0.3, 0.4) is 0 Å². The van der Waals surface area contributed by atoms with E-state index in [0.29, 0.717) is 0 Å². The van der Waals surface area contributed by atoms with Crippen LogP contribution in [0.5, 0.6) is 0 Å². The van der Waals surface area contributed by atoms with Crippen molar-refractivity contribution in [1.29, 1.82) is 0 Å². The van der Waals surface area contributed by atoms with Gasteiger partial charge in [0.1, 0.15) is 0 Å². The van der Waals surface area contributed by atoms with Gasteiger partial charge in [-0.15, -0.1) is 0 Å². The van der Waals surface area contributed by atoms with Gasteiger partial charge in [0.25, 0.3) is 0 Å². The number of hydrogen-bond acceptors (Lipinski definition) is 2. The molecule has 2 heterocycles. The van der Waals surface area contributed by atoms with Crippen LogP contribution in [0.25, 0.3) is 0 Å². The maximum atomic E-state index is 3.78. The summed E-state index contributed by atoms with van der Waals surface area (Å²) in [7, 11) is 0. The molecule has 0 aliphatic carbocycles. The highest BCUT2D eigenvalue weighted by molar-refractivity contribution is 5.28. The maximum absolute atomic E-state index is 3.78. The zero-order valence-corrected chi connectivity index (χ0v) is 12.3. The standard InChI is InChI=1S/C17H26N2/c1-13-8-14(2)10-15(9-13)12-18-16-5-7-19-6-3-4-17(19)11-16/h8-10,16-18H,3-7,11-12H2,1-2H3. The Bertz CT molecular complexity index is 421. The predicted molar refractivity (Wildman–Crippen MR) is 80.4 cm³/mol. The average molecular weight is 258 g/mol. The highest BCUT2D eigenvalue weighted by Gasteiger charge is 2.31. The Balaban J connectivity index is 1.54. The van der Waals surface area contributed by atoms with Crippen molar-refractivity contribution in [1.82, 2.24) is 10.2 Å². The lowest BCUT2D eigenvalue weighted by atomic mass is 9.97. The van der Waals surface area contributed by atoms with E-state index in [9.17, 15) is 0 Å². The number of piperidine rings is 1. The molecule has 2 atom stereocenters. The van der Waals surface area contributed by atoms with E-state index in [1.165, 1.54) is 55.5 Å². The summed E-state index contributed by atoms with van der Waals surface area (Å²) in [6, 6.07) is 8.46. The molecular formula is C17H26N2. The zero-order valence-electron chi connectivity index (χ0n) is 12.3. The smallest absolute Gasteiger partial charge is 0.0208 e. The molecule has 2 unspecified atom stereocenters. The molecule has 1 aromatic carbocycles. The molecule has 0 amide bonds. The third-order valence-electron chi connectivity index (χ3n) is 4.70. The minimum absolute atomic E-state index is 0.722. The van der Waals surface area contributed by atoms with E-state index in [4.69, 9.17) is 0 Å². The van der Waals surface area contributed by atoms with Crippen LogP contribution in [0, 0.1) is 13.8 Å². The molecule has 3 rings (SSSR count). The normalized spacial score (nSPS) is 27.5. The van der Waals surface area contributed by atoms with Crippen molar-refractivity contribution in [3.05, 3.63) is 34.9 Å². The summed E-state index contributed by atoms with van der Waals surface area (Å²) in [6.07, 6.45) is 5.50. The van der Waals surface area contributed by atoms with Gasteiger partial charge in [-0.3, -0.25) is 0 Å². The van der Waals surface area contributed by atoms with E-state index in [1.807, 2.05) is 0 Å². The second-order valence-electron chi connectivity index (χ2n) is 6.43. The summed E-state index contributed by atoms with van der Waals surface area (Å²) in [5, 5.41) is 3.78. The lowest BCUT2D eigenvalue weighted by Gasteiger charge is -2.35. The molecule has 0 saturated carbocycles. The quantitative estimate of drug-likeness (QED) is 0.896. The molecule has 1 N–H and O–H groups in total. The van der Waals surface area contributed by atoms with Crippen molar-refractivity contribution in [2.45, 2.75) is 58.2 Å². The van der Waals surface area contributed by atoms with E-state index in [1.54, 1.807) is 0 Å². The van der Waals surface area contributed by atoms with Gasteiger partial charge in [0.2, 0.25) is 0 Å². The van der Waals surface area contributed by atoms with Gasteiger partial charge in [-0.25, -0.2) is 0 Å². The molecule has 0 aromatic heterocycles. The third-order valence-corrected chi connectivity index (χ3v) is 4.70. The minimum Gasteiger partial charge on any atom is -0.310 e. The van der Waals surface area contributed by atoms with Gasteiger partial charge in [0.15, 0.2) is 0 Å². The van der Waals surface area contributed by atoms with E-state index in [0.717, 1.165) is 18.6 Å². The first kappa shape index (κ1) is 13.1. The molecule has 2 aliphatic heterocycles. The lowest BCUT2D eigenvalue weighted by molar-refractivity contribution is 0.166. The summed E-state index contributed by atoms with van der Waals surface area (Å²) < 4.78 is 0. The summed E-state index contributed by atoms with van der Waals surface area (Å²) in [4.78, 5) is 2.69. The fourth-order valence-electron chi connectivity index (χ4n) is 3.84. The number of rotatable bonds is 3. The number of hydrogen-bond donors (Lipinski definition) is 1. The Labute approximate surface area is 117 Å². The number of benzene rings is 1. The molecule has 2 aliphatic rings. The topological polar surface area (TPSA) is 15.3 Å². The molecule has 0 radical (unpaired) electrons. The number of nitrogens with one attached hydrogen (secondary N) is 1. The largest absolute Gasteiger partial charge is 0.310 e. The van der Waals surface area contributed by atoms with Crippen LogP contribution in [0.15, 0.2) is 18.2 Å². The van der Waals surface area contributed by atoms with Crippen LogP contribution in [0.1, 0.15) is 42.4 Å². The van der Waals surface area contributed by atoms with Gasteiger partial charge in [-0.1, -0.05) is 29.3 Å². The van der Waals surface area contributed by atoms with E-state index >= 15 is 0 Å². The first-order chi connectivity index (χ1) is 9.20. The first-order valence-electron chi connectivity index (χ1n) is 7.75. The fourth-order valence-corrected chi connectivity index (χ4v) is 3.84. The zero-order chi connectivity index (χ0) is 13.2. The molecule has 2 nitrogen and oxygen atoms in total. The maximum Gasteiger partial charge on any atom is 0.0208 e. The van der Waals surface area contributed by atoms with Crippen molar-refractivity contribution in [2.24, 2.45) is 0 Å². The molecule has 2 heteroatoms. The summed E-state index contributed by atoms with van der Waals surface area (Å²) >= 11 is 0. The van der Waals surface area contributed by atoms with Crippen LogP contribution in [0.4, 0.5) is 0 Å². The van der Waals surface area contributed by atoms with E-state index in [-0.39, 0.29) is 0 Å². The van der Waals surface area contributed by atoms with Gasteiger partial charge in [0, 0.05) is 18.6 Å². The molecule has 0 spiro atoms. The SMILES string of the molecule is Cc1cc(C)cc(CNC2CCN3CCCC3C2)c1. The van der Waals surface area contributed by atoms with Gasteiger partial charge in [0.05, 0.1) is 0 Å². The molecule has 19 heavy (non-hydrogen) atoms. The Morgan fingerprint density at radius 3 is 2.68 bits per heavy atom. The number of fused-ring (bicyclic) bond motifs is 1. The van der Waals surface area contributed by atoms with Crippen molar-refractivity contribution in [2.75, 3.05) is 13.1 Å². The Morgan fingerprint density at radius 2 is 1.89 bits per heavy atom. The fraction of sp³-hybridized carbons (Fsp3) is 0.647. The van der Waals surface area contributed by atoms with E-state index in [2.05, 4.69) is 42.3 Å². The summed E-state index contributed by atoms with van der Waals surface area (Å²) in [5.74, 6) is 0. The van der Waals surface area contributed by atoms with E-state index < -0.39 is 0 Å². The lowest BCUT2D eigenvalue weighted by Crippen LogP contribution is -2.45. The summed E-state index contributed by atoms with van der Waals surface area (Å²) in [5.41, 5.74) is 4.19. The summed E-state index contributed by atoms with van der Waals surface area (Å²) in [6.45, 7) is 8.05. The van der Waals surface area contributed by atoms with Crippen molar-refractivity contribution < 1.29 is 0 Å².